The lowest BCUT2D eigenvalue weighted by Gasteiger charge is -2.37. The van der Waals surface area contributed by atoms with Gasteiger partial charge in [-0.2, -0.15) is 5.10 Å². The highest BCUT2D eigenvalue weighted by molar-refractivity contribution is 5.80. The van der Waals surface area contributed by atoms with E-state index in [1.165, 1.54) is 0 Å². The van der Waals surface area contributed by atoms with Crippen molar-refractivity contribution in [2.24, 2.45) is 0 Å². The average molecular weight is 458 g/mol. The molecule has 0 aliphatic carbocycles. The fraction of sp³-hybridized carbons (Fsp3) is 0.320. The fourth-order valence-electron chi connectivity index (χ4n) is 4.24. The number of hydrogen-bond donors (Lipinski definition) is 1. The minimum Gasteiger partial charge on any atom is -0.495 e. The lowest BCUT2D eigenvalue weighted by Crippen LogP contribution is -2.53. The third-order valence-electron chi connectivity index (χ3n) is 6.14. The van der Waals surface area contributed by atoms with Gasteiger partial charge in [-0.05, 0) is 56.9 Å². The molecule has 175 valence electrons. The first kappa shape index (κ1) is 22.1. The number of pyridine rings is 1. The summed E-state index contributed by atoms with van der Waals surface area (Å²) in [4.78, 5) is 13.9. The molecule has 9 heteroatoms. The molecule has 34 heavy (non-hydrogen) atoms. The summed E-state index contributed by atoms with van der Waals surface area (Å²) < 4.78 is 7.48. The number of nitrogens with one attached hydrogen (secondary N) is 1. The molecule has 0 saturated carbocycles. The molecule has 0 spiro atoms. The fourth-order valence-corrected chi connectivity index (χ4v) is 4.24. The number of methoxy groups -OCH3 is 1. The second kappa shape index (κ2) is 9.28. The van der Waals surface area contributed by atoms with E-state index in [0.29, 0.717) is 5.95 Å². The van der Waals surface area contributed by atoms with Crippen molar-refractivity contribution in [3.63, 3.8) is 0 Å². The molecule has 1 saturated heterocycles. The quantitative estimate of drug-likeness (QED) is 0.476. The molecule has 1 aliphatic heterocycles. The number of benzene rings is 1. The monoisotopic (exact) mass is 457 g/mol. The van der Waals surface area contributed by atoms with E-state index in [-0.39, 0.29) is 6.17 Å². The Morgan fingerprint density at radius 2 is 2.03 bits per heavy atom. The summed E-state index contributed by atoms with van der Waals surface area (Å²) in [5, 5.41) is 12.5. The van der Waals surface area contributed by atoms with Gasteiger partial charge in [0.15, 0.2) is 0 Å². The summed E-state index contributed by atoms with van der Waals surface area (Å²) in [7, 11) is 5.80. The number of fused-ring (bicyclic) bond motifs is 1. The Bertz CT molecular complexity index is 1300. The molecule has 0 bridgehead atoms. The minimum absolute atomic E-state index is 0.182. The van der Waals surface area contributed by atoms with Gasteiger partial charge in [0.1, 0.15) is 5.75 Å². The molecule has 9 nitrogen and oxygen atoms in total. The van der Waals surface area contributed by atoms with Gasteiger partial charge in [-0.1, -0.05) is 6.07 Å². The van der Waals surface area contributed by atoms with E-state index in [4.69, 9.17) is 15.0 Å². The van der Waals surface area contributed by atoms with Gasteiger partial charge < -0.3 is 15.0 Å². The lowest BCUT2D eigenvalue weighted by atomic mass is 10.1. The summed E-state index contributed by atoms with van der Waals surface area (Å²) in [6.45, 7) is 4.55. The molecular formula is C25H29N8O. The molecule has 3 aromatic heterocycles. The van der Waals surface area contributed by atoms with Crippen molar-refractivity contribution in [1.82, 2.24) is 29.8 Å². The zero-order valence-corrected chi connectivity index (χ0v) is 19.9. The zero-order chi connectivity index (χ0) is 23.7. The van der Waals surface area contributed by atoms with Crippen LogP contribution in [0.4, 0.5) is 17.3 Å². The minimum atomic E-state index is 0.182. The van der Waals surface area contributed by atoms with Gasteiger partial charge in [0.25, 0.3) is 0 Å². The van der Waals surface area contributed by atoms with Gasteiger partial charge in [0.05, 0.1) is 36.4 Å². The van der Waals surface area contributed by atoms with Crippen LogP contribution in [0.1, 0.15) is 5.56 Å². The third kappa shape index (κ3) is 4.27. The predicted molar refractivity (Wildman–Crippen MR) is 134 cm³/mol. The second-order valence-electron chi connectivity index (χ2n) is 8.62. The van der Waals surface area contributed by atoms with Crippen LogP contribution in [0.5, 0.6) is 5.75 Å². The molecule has 1 unspecified atom stereocenters. The van der Waals surface area contributed by atoms with Crippen LogP contribution in [0.25, 0.3) is 16.8 Å². The maximum absolute atomic E-state index is 5.63. The molecule has 1 fully saturated rings. The molecule has 1 aromatic carbocycles. The van der Waals surface area contributed by atoms with Gasteiger partial charge in [-0.3, -0.25) is 4.90 Å². The molecule has 4 heterocycles. The van der Waals surface area contributed by atoms with Gasteiger partial charge in [-0.15, -0.1) is 0 Å². The van der Waals surface area contributed by atoms with Crippen molar-refractivity contribution >= 4 is 22.8 Å². The SMILES string of the molecule is COc1ccc(N2CC[N]C(N(C)C)C2)cc1Nc1ncc(C)c(-c2cnn3ccccc23)n1. The number of nitrogens with zero attached hydrogens (tertiary/aromatic N) is 7. The smallest absolute Gasteiger partial charge is 0.227 e. The number of likely N-dealkylation sites (N-methyl/N-ethyl adjacent to an activating group) is 1. The highest BCUT2D eigenvalue weighted by atomic mass is 16.5. The maximum atomic E-state index is 5.63. The number of piperazine rings is 1. The molecule has 1 radical (unpaired) electrons. The Morgan fingerprint density at radius 3 is 2.85 bits per heavy atom. The molecule has 1 aliphatic rings. The van der Waals surface area contributed by atoms with E-state index >= 15 is 0 Å². The Kier molecular flexibility index (Phi) is 6.04. The number of ether oxygens (including phenoxy) is 1. The largest absolute Gasteiger partial charge is 0.495 e. The van der Waals surface area contributed by atoms with E-state index in [1.54, 1.807) is 7.11 Å². The molecule has 1 atom stereocenters. The summed E-state index contributed by atoms with van der Waals surface area (Å²) in [5.41, 5.74) is 5.73. The summed E-state index contributed by atoms with van der Waals surface area (Å²) in [6.07, 6.45) is 5.79. The predicted octanol–water partition coefficient (Wildman–Crippen LogP) is 3.16. The highest BCUT2D eigenvalue weighted by Gasteiger charge is 2.23. The van der Waals surface area contributed by atoms with Gasteiger partial charge in [-0.25, -0.2) is 19.8 Å². The van der Waals surface area contributed by atoms with Crippen molar-refractivity contribution in [2.75, 3.05) is 51.1 Å². The van der Waals surface area contributed by atoms with E-state index in [0.717, 1.165) is 59.1 Å². The van der Waals surface area contributed by atoms with Gasteiger partial charge in [0, 0.05) is 43.3 Å². The van der Waals surface area contributed by atoms with Crippen LogP contribution in [0.15, 0.2) is 55.0 Å². The number of rotatable bonds is 6. The Hall–Kier alpha value is -3.69. The van der Waals surface area contributed by atoms with Crippen LogP contribution < -0.4 is 20.3 Å². The molecule has 1 N–H and O–H groups in total. The van der Waals surface area contributed by atoms with Gasteiger partial charge >= 0.3 is 0 Å². The van der Waals surface area contributed by atoms with Crippen molar-refractivity contribution in [2.45, 2.75) is 13.1 Å². The number of aryl methyl sites for hydroxylation is 1. The summed E-state index contributed by atoms with van der Waals surface area (Å²) in [5.74, 6) is 1.24. The van der Waals surface area contributed by atoms with Crippen LogP contribution in [0.3, 0.4) is 0 Å². The number of hydrogen-bond acceptors (Lipinski definition) is 7. The summed E-state index contributed by atoms with van der Waals surface area (Å²) >= 11 is 0. The van der Waals surface area contributed by atoms with Gasteiger partial charge in [0.2, 0.25) is 5.95 Å². The first-order valence-corrected chi connectivity index (χ1v) is 11.3. The zero-order valence-electron chi connectivity index (χ0n) is 19.9. The van der Waals surface area contributed by atoms with E-state index in [1.807, 2.05) is 54.3 Å². The van der Waals surface area contributed by atoms with E-state index in [9.17, 15) is 0 Å². The first-order chi connectivity index (χ1) is 16.5. The van der Waals surface area contributed by atoms with Crippen molar-refractivity contribution in [3.05, 3.63) is 60.6 Å². The van der Waals surface area contributed by atoms with Crippen LogP contribution in [0.2, 0.25) is 0 Å². The lowest BCUT2D eigenvalue weighted by molar-refractivity contribution is 0.227. The maximum Gasteiger partial charge on any atom is 0.227 e. The Balaban J connectivity index is 1.46. The molecular weight excluding hydrogens is 428 g/mol. The Labute approximate surface area is 199 Å². The van der Waals surface area contributed by atoms with Crippen LogP contribution in [0, 0.1) is 6.92 Å². The number of anilines is 3. The summed E-state index contributed by atoms with van der Waals surface area (Å²) in [6, 6.07) is 12.2. The molecule has 4 aromatic rings. The van der Waals surface area contributed by atoms with Crippen LogP contribution in [-0.2, 0) is 0 Å². The normalized spacial score (nSPS) is 16.3. The standard InChI is InChI=1S/C25H29N8O/c1-17-14-27-25(30-24(17)19-15-28-33-11-6-5-7-21(19)33)29-20-13-18(8-9-22(20)34-4)32-12-10-26-23(16-32)31(2)3/h5-9,11,13-15,23H,10,12,16H2,1-4H3,(H,27,29,30). The first-order valence-electron chi connectivity index (χ1n) is 11.3. The molecule has 0 amide bonds. The topological polar surface area (TPSA) is 84.9 Å². The van der Waals surface area contributed by atoms with E-state index in [2.05, 4.69) is 51.4 Å². The second-order valence-corrected chi connectivity index (χ2v) is 8.62. The average Bonchev–Trinajstić information content (AvgIpc) is 3.29. The highest BCUT2D eigenvalue weighted by Crippen LogP contribution is 2.33. The molecule has 5 rings (SSSR count). The van der Waals surface area contributed by atoms with Crippen molar-refractivity contribution < 1.29 is 4.74 Å². The number of aromatic nitrogens is 4. The van der Waals surface area contributed by atoms with E-state index < -0.39 is 0 Å². The third-order valence-corrected chi connectivity index (χ3v) is 6.14. The Morgan fingerprint density at radius 1 is 1.15 bits per heavy atom. The van der Waals surface area contributed by atoms with Crippen molar-refractivity contribution in [3.8, 4) is 17.0 Å². The van der Waals surface area contributed by atoms with Crippen LogP contribution >= 0.6 is 0 Å². The van der Waals surface area contributed by atoms with Crippen molar-refractivity contribution in [1.29, 1.82) is 0 Å². The van der Waals surface area contributed by atoms with Crippen LogP contribution in [-0.4, -0.2) is 71.5 Å².